The summed E-state index contributed by atoms with van der Waals surface area (Å²) in [5.74, 6) is -0.168. The lowest BCUT2D eigenvalue weighted by atomic mass is 9.99. The Kier molecular flexibility index (Phi) is 4.29. The van der Waals surface area contributed by atoms with Crippen LogP contribution in [-0.4, -0.2) is 16.8 Å². The molecule has 2 aromatic heterocycles. The number of anilines is 2. The Morgan fingerprint density at radius 3 is 2.92 bits per heavy atom. The van der Waals surface area contributed by atoms with Crippen molar-refractivity contribution in [3.8, 4) is 11.3 Å². The number of nitrogens with zero attached hydrogens (tertiary/aromatic N) is 1. The fourth-order valence-corrected chi connectivity index (χ4v) is 4.25. The van der Waals surface area contributed by atoms with E-state index in [1.54, 1.807) is 12.1 Å². The Labute approximate surface area is 156 Å². The predicted octanol–water partition coefficient (Wildman–Crippen LogP) is 4.66. The number of aromatic nitrogens is 1. The van der Waals surface area contributed by atoms with Gasteiger partial charge in [0.1, 0.15) is 0 Å². The van der Waals surface area contributed by atoms with E-state index in [2.05, 4.69) is 15.6 Å². The summed E-state index contributed by atoms with van der Waals surface area (Å²) in [5, 5.41) is 8.10. The number of amides is 2. The molecule has 1 aromatic carbocycles. The van der Waals surface area contributed by atoms with E-state index in [4.69, 9.17) is 11.6 Å². The highest BCUT2D eigenvalue weighted by Crippen LogP contribution is 2.31. The lowest BCUT2D eigenvalue weighted by Crippen LogP contribution is -2.18. The standard InChI is InChI=1S/C17H12ClN3O2S2/c18-14-5-4-13(25-14)16(23)21-17-20-12(8-24-17)10-1-3-11-9(7-10)2-6-15(22)19-11/h1,3-5,7-8H,2,6H2,(H,19,22)(H,20,21,23). The van der Waals surface area contributed by atoms with Gasteiger partial charge in [-0.05, 0) is 36.2 Å². The van der Waals surface area contributed by atoms with Crippen molar-refractivity contribution in [1.82, 2.24) is 4.98 Å². The normalized spacial score (nSPS) is 13.2. The molecule has 0 fully saturated rings. The molecule has 3 heterocycles. The lowest BCUT2D eigenvalue weighted by molar-refractivity contribution is -0.116. The highest BCUT2D eigenvalue weighted by molar-refractivity contribution is 7.18. The number of rotatable bonds is 3. The molecular formula is C17H12ClN3O2S2. The van der Waals surface area contributed by atoms with Crippen molar-refractivity contribution in [2.24, 2.45) is 0 Å². The Morgan fingerprint density at radius 1 is 1.24 bits per heavy atom. The quantitative estimate of drug-likeness (QED) is 0.684. The maximum atomic E-state index is 12.2. The summed E-state index contributed by atoms with van der Waals surface area (Å²) < 4.78 is 0.575. The van der Waals surface area contributed by atoms with Crippen molar-refractivity contribution in [1.29, 1.82) is 0 Å². The minimum absolute atomic E-state index is 0.0487. The number of halogens is 1. The van der Waals surface area contributed by atoms with Crippen LogP contribution in [0.1, 0.15) is 21.7 Å². The fraction of sp³-hybridized carbons (Fsp3) is 0.118. The maximum Gasteiger partial charge on any atom is 0.267 e. The molecule has 126 valence electrons. The third kappa shape index (κ3) is 3.44. The molecule has 0 spiro atoms. The van der Waals surface area contributed by atoms with Gasteiger partial charge in [-0.3, -0.25) is 14.9 Å². The monoisotopic (exact) mass is 389 g/mol. The number of thiophene rings is 1. The molecule has 3 aromatic rings. The fourth-order valence-electron chi connectivity index (χ4n) is 2.60. The van der Waals surface area contributed by atoms with Gasteiger partial charge in [0.2, 0.25) is 5.91 Å². The summed E-state index contributed by atoms with van der Waals surface area (Å²) in [6.45, 7) is 0. The van der Waals surface area contributed by atoms with Crippen LogP contribution in [0.5, 0.6) is 0 Å². The SMILES string of the molecule is O=C1CCc2cc(-c3csc(NC(=O)c4ccc(Cl)s4)n3)ccc2N1. The van der Waals surface area contributed by atoms with Crippen molar-refractivity contribution >= 4 is 56.9 Å². The average Bonchev–Trinajstić information content (AvgIpc) is 3.23. The molecule has 2 amide bonds. The van der Waals surface area contributed by atoms with Gasteiger partial charge in [-0.15, -0.1) is 22.7 Å². The molecular weight excluding hydrogens is 378 g/mol. The molecule has 0 atom stereocenters. The molecule has 0 radical (unpaired) electrons. The van der Waals surface area contributed by atoms with Crippen LogP contribution < -0.4 is 10.6 Å². The van der Waals surface area contributed by atoms with E-state index in [1.807, 2.05) is 23.6 Å². The van der Waals surface area contributed by atoms with Gasteiger partial charge in [0, 0.05) is 23.1 Å². The van der Waals surface area contributed by atoms with Crippen LogP contribution in [0, 0.1) is 0 Å². The van der Waals surface area contributed by atoms with Gasteiger partial charge in [0.25, 0.3) is 5.91 Å². The summed E-state index contributed by atoms with van der Waals surface area (Å²) in [6.07, 6.45) is 1.22. The molecule has 4 rings (SSSR count). The molecule has 5 nitrogen and oxygen atoms in total. The van der Waals surface area contributed by atoms with Crippen LogP contribution >= 0.6 is 34.3 Å². The molecule has 8 heteroatoms. The highest BCUT2D eigenvalue weighted by Gasteiger charge is 2.16. The van der Waals surface area contributed by atoms with Gasteiger partial charge in [0.05, 0.1) is 14.9 Å². The largest absolute Gasteiger partial charge is 0.326 e. The summed E-state index contributed by atoms with van der Waals surface area (Å²) in [6, 6.07) is 9.24. The first-order valence-corrected chi connectivity index (χ1v) is 9.61. The first kappa shape index (κ1) is 16.3. The maximum absolute atomic E-state index is 12.2. The smallest absolute Gasteiger partial charge is 0.267 e. The van der Waals surface area contributed by atoms with Crippen LogP contribution in [0.2, 0.25) is 4.34 Å². The van der Waals surface area contributed by atoms with Crippen molar-refractivity contribution in [3.05, 3.63) is 50.5 Å². The van der Waals surface area contributed by atoms with E-state index in [1.165, 1.54) is 22.7 Å². The van der Waals surface area contributed by atoms with Gasteiger partial charge < -0.3 is 5.32 Å². The molecule has 0 saturated carbocycles. The number of hydrogen-bond donors (Lipinski definition) is 2. The second-order valence-corrected chi connectivity index (χ2v) is 8.09. The first-order valence-electron chi connectivity index (χ1n) is 7.54. The Balaban J connectivity index is 1.53. The molecule has 0 bridgehead atoms. The summed E-state index contributed by atoms with van der Waals surface area (Å²) >= 11 is 8.46. The minimum Gasteiger partial charge on any atom is -0.326 e. The van der Waals surface area contributed by atoms with Gasteiger partial charge in [-0.25, -0.2) is 4.98 Å². The summed E-state index contributed by atoms with van der Waals surface area (Å²) in [7, 11) is 0. The average molecular weight is 390 g/mol. The zero-order valence-corrected chi connectivity index (χ0v) is 15.2. The van der Waals surface area contributed by atoms with Crippen molar-refractivity contribution in [2.75, 3.05) is 10.6 Å². The third-order valence-electron chi connectivity index (χ3n) is 3.82. The van der Waals surface area contributed by atoms with Crippen molar-refractivity contribution < 1.29 is 9.59 Å². The summed E-state index contributed by atoms with van der Waals surface area (Å²) in [4.78, 5) is 28.6. The number of nitrogens with one attached hydrogen (secondary N) is 2. The van der Waals surface area contributed by atoms with Crippen molar-refractivity contribution in [3.63, 3.8) is 0 Å². The van der Waals surface area contributed by atoms with Gasteiger partial charge >= 0.3 is 0 Å². The number of thiazole rings is 1. The predicted molar refractivity (Wildman–Crippen MR) is 102 cm³/mol. The van der Waals surface area contributed by atoms with E-state index in [-0.39, 0.29) is 11.8 Å². The van der Waals surface area contributed by atoms with Gasteiger partial charge in [-0.1, -0.05) is 17.7 Å². The highest BCUT2D eigenvalue weighted by atomic mass is 35.5. The van der Waals surface area contributed by atoms with Crippen LogP contribution in [0.4, 0.5) is 10.8 Å². The van der Waals surface area contributed by atoms with Gasteiger partial charge in [-0.2, -0.15) is 0 Å². The molecule has 1 aliphatic rings. The third-order valence-corrected chi connectivity index (χ3v) is 5.81. The number of fused-ring (bicyclic) bond motifs is 1. The second kappa shape index (κ2) is 6.59. The Hall–Kier alpha value is -2.22. The van der Waals surface area contributed by atoms with E-state index < -0.39 is 0 Å². The van der Waals surface area contributed by atoms with Crippen LogP contribution in [-0.2, 0) is 11.2 Å². The number of benzene rings is 1. The lowest BCUT2D eigenvalue weighted by Gasteiger charge is -2.17. The molecule has 25 heavy (non-hydrogen) atoms. The molecule has 0 unspecified atom stereocenters. The molecule has 0 aliphatic carbocycles. The van der Waals surface area contributed by atoms with Crippen molar-refractivity contribution in [2.45, 2.75) is 12.8 Å². The topological polar surface area (TPSA) is 71.1 Å². The zero-order valence-electron chi connectivity index (χ0n) is 12.8. The molecule has 0 saturated heterocycles. The van der Waals surface area contributed by atoms with E-state index >= 15 is 0 Å². The second-order valence-electron chi connectivity index (χ2n) is 5.52. The van der Waals surface area contributed by atoms with E-state index in [9.17, 15) is 9.59 Å². The molecule has 2 N–H and O–H groups in total. The Morgan fingerprint density at radius 2 is 2.12 bits per heavy atom. The van der Waals surface area contributed by atoms with E-state index in [0.717, 1.165) is 28.9 Å². The number of carbonyl (C=O) groups is 2. The molecule has 1 aliphatic heterocycles. The number of aryl methyl sites for hydroxylation is 1. The first-order chi connectivity index (χ1) is 12.1. The minimum atomic E-state index is -0.217. The van der Waals surface area contributed by atoms with E-state index in [0.29, 0.717) is 20.8 Å². The van der Waals surface area contributed by atoms with Gasteiger partial charge in [0.15, 0.2) is 5.13 Å². The van der Waals surface area contributed by atoms with Crippen LogP contribution in [0.15, 0.2) is 35.7 Å². The van der Waals surface area contributed by atoms with Crippen LogP contribution in [0.3, 0.4) is 0 Å². The number of carbonyl (C=O) groups excluding carboxylic acids is 2. The number of hydrogen-bond acceptors (Lipinski definition) is 5. The Bertz CT molecular complexity index is 980. The van der Waals surface area contributed by atoms with Crippen LogP contribution in [0.25, 0.3) is 11.3 Å². The summed E-state index contributed by atoms with van der Waals surface area (Å²) in [5.41, 5.74) is 3.72. The zero-order chi connectivity index (χ0) is 17.4.